The van der Waals surface area contributed by atoms with Crippen LogP contribution in [0.25, 0.3) is 11.4 Å². The molecule has 0 amide bonds. The number of aromatic nitrogens is 3. The molecular formula is C12H12BrClN4. The molecule has 0 bridgehead atoms. The lowest BCUT2D eigenvalue weighted by Crippen LogP contribution is -2.32. The highest BCUT2D eigenvalue weighted by molar-refractivity contribution is 9.10. The van der Waals surface area contributed by atoms with Crippen molar-refractivity contribution >= 4 is 27.5 Å². The van der Waals surface area contributed by atoms with Crippen LogP contribution in [0.2, 0.25) is 5.02 Å². The van der Waals surface area contributed by atoms with Gasteiger partial charge in [-0.1, -0.05) is 11.6 Å². The number of halogens is 2. The second kappa shape index (κ2) is 4.64. The van der Waals surface area contributed by atoms with Crippen molar-refractivity contribution in [3.8, 4) is 11.4 Å². The first-order valence-corrected chi connectivity index (χ1v) is 6.96. The quantitative estimate of drug-likeness (QED) is 0.875. The molecule has 0 radical (unpaired) electrons. The summed E-state index contributed by atoms with van der Waals surface area (Å²) in [5.74, 6) is 1.86. The number of nitrogens with one attached hydrogen (secondary N) is 1. The molecule has 4 nitrogen and oxygen atoms in total. The third-order valence-corrected chi connectivity index (χ3v) is 4.36. The summed E-state index contributed by atoms with van der Waals surface area (Å²) in [4.78, 5) is 0. The fraction of sp³-hybridized carbons (Fsp3) is 0.333. The largest absolute Gasteiger partial charge is 0.308 e. The van der Waals surface area contributed by atoms with Gasteiger partial charge in [-0.05, 0) is 41.1 Å². The van der Waals surface area contributed by atoms with Crippen molar-refractivity contribution in [2.24, 2.45) is 0 Å². The lowest BCUT2D eigenvalue weighted by molar-refractivity contribution is 0.439. The molecule has 1 N–H and O–H groups in total. The molecule has 1 aliphatic rings. The summed E-state index contributed by atoms with van der Waals surface area (Å²) in [6.07, 6.45) is 0. The summed E-state index contributed by atoms with van der Waals surface area (Å²) in [6, 6.07) is 6.09. The highest BCUT2D eigenvalue weighted by Crippen LogP contribution is 2.29. The van der Waals surface area contributed by atoms with Crippen molar-refractivity contribution in [1.82, 2.24) is 20.1 Å². The Morgan fingerprint density at radius 2 is 2.28 bits per heavy atom. The predicted octanol–water partition coefficient (Wildman–Crippen LogP) is 3.03. The minimum atomic E-state index is 0.242. The molecule has 3 rings (SSSR count). The number of hydrogen-bond donors (Lipinski definition) is 1. The van der Waals surface area contributed by atoms with E-state index in [0.717, 1.165) is 34.8 Å². The smallest absolute Gasteiger partial charge is 0.164 e. The summed E-state index contributed by atoms with van der Waals surface area (Å²) in [5.41, 5.74) is 0.996. The SMILES string of the molecule is CC1NCCn2c(-c3ccc(Br)c(Cl)c3)nnc21. The third kappa shape index (κ3) is 1.96. The van der Waals surface area contributed by atoms with E-state index in [9.17, 15) is 0 Å². The summed E-state index contributed by atoms with van der Waals surface area (Å²) in [5, 5.41) is 12.6. The van der Waals surface area contributed by atoms with Gasteiger partial charge in [0, 0.05) is 23.1 Å². The van der Waals surface area contributed by atoms with Crippen molar-refractivity contribution in [1.29, 1.82) is 0 Å². The Balaban J connectivity index is 2.09. The van der Waals surface area contributed by atoms with Crippen LogP contribution in [0.3, 0.4) is 0 Å². The van der Waals surface area contributed by atoms with E-state index in [0.29, 0.717) is 5.02 Å². The van der Waals surface area contributed by atoms with E-state index < -0.39 is 0 Å². The van der Waals surface area contributed by atoms with Gasteiger partial charge in [0.15, 0.2) is 5.82 Å². The van der Waals surface area contributed by atoms with E-state index in [1.807, 2.05) is 18.2 Å². The lowest BCUT2D eigenvalue weighted by atomic mass is 10.2. The molecular weight excluding hydrogens is 316 g/mol. The van der Waals surface area contributed by atoms with Gasteiger partial charge >= 0.3 is 0 Å². The molecule has 2 heterocycles. The molecule has 18 heavy (non-hydrogen) atoms. The Bertz CT molecular complexity index is 596. The highest BCUT2D eigenvalue weighted by Gasteiger charge is 2.22. The van der Waals surface area contributed by atoms with Crippen LogP contribution in [0.4, 0.5) is 0 Å². The topological polar surface area (TPSA) is 42.7 Å². The molecule has 2 aromatic rings. The van der Waals surface area contributed by atoms with Crippen LogP contribution in [0.15, 0.2) is 22.7 Å². The minimum absolute atomic E-state index is 0.242. The van der Waals surface area contributed by atoms with Gasteiger partial charge in [-0.3, -0.25) is 0 Å². The van der Waals surface area contributed by atoms with Crippen LogP contribution in [0.1, 0.15) is 18.8 Å². The van der Waals surface area contributed by atoms with Gasteiger partial charge in [-0.15, -0.1) is 10.2 Å². The second-order valence-electron chi connectivity index (χ2n) is 4.34. The maximum Gasteiger partial charge on any atom is 0.164 e. The molecule has 1 aromatic heterocycles. The average molecular weight is 328 g/mol. The van der Waals surface area contributed by atoms with Crippen LogP contribution < -0.4 is 5.32 Å². The van der Waals surface area contributed by atoms with Crippen LogP contribution in [-0.4, -0.2) is 21.3 Å². The van der Waals surface area contributed by atoms with E-state index >= 15 is 0 Å². The first kappa shape index (κ1) is 12.1. The van der Waals surface area contributed by atoms with E-state index in [1.54, 1.807) is 0 Å². The average Bonchev–Trinajstić information content (AvgIpc) is 2.78. The minimum Gasteiger partial charge on any atom is -0.308 e. The van der Waals surface area contributed by atoms with Crippen molar-refractivity contribution in [2.75, 3.05) is 6.54 Å². The van der Waals surface area contributed by atoms with E-state index in [-0.39, 0.29) is 6.04 Å². The van der Waals surface area contributed by atoms with Crippen molar-refractivity contribution in [3.63, 3.8) is 0 Å². The van der Waals surface area contributed by atoms with Crippen LogP contribution in [0.5, 0.6) is 0 Å². The molecule has 0 fully saturated rings. The van der Waals surface area contributed by atoms with Crippen LogP contribution in [-0.2, 0) is 6.54 Å². The Hall–Kier alpha value is -0.910. The van der Waals surface area contributed by atoms with Gasteiger partial charge in [0.1, 0.15) is 5.82 Å². The Labute approximate surface area is 118 Å². The molecule has 6 heteroatoms. The van der Waals surface area contributed by atoms with Gasteiger partial charge < -0.3 is 9.88 Å². The summed E-state index contributed by atoms with van der Waals surface area (Å²) in [6.45, 7) is 3.91. The normalized spacial score (nSPS) is 18.7. The predicted molar refractivity (Wildman–Crippen MR) is 74.6 cm³/mol. The van der Waals surface area contributed by atoms with Gasteiger partial charge in [-0.2, -0.15) is 0 Å². The fourth-order valence-electron chi connectivity index (χ4n) is 2.19. The Kier molecular flexibility index (Phi) is 3.13. The molecule has 1 atom stereocenters. The Morgan fingerprint density at radius 1 is 1.44 bits per heavy atom. The van der Waals surface area contributed by atoms with Crippen LogP contribution in [0, 0.1) is 0 Å². The summed E-state index contributed by atoms with van der Waals surface area (Å²) in [7, 11) is 0. The third-order valence-electron chi connectivity index (χ3n) is 3.13. The molecule has 1 aromatic carbocycles. The van der Waals surface area contributed by atoms with E-state index in [4.69, 9.17) is 11.6 Å². The van der Waals surface area contributed by atoms with Gasteiger partial charge in [0.2, 0.25) is 0 Å². The van der Waals surface area contributed by atoms with Gasteiger partial charge in [-0.25, -0.2) is 0 Å². The number of hydrogen-bond acceptors (Lipinski definition) is 3. The maximum absolute atomic E-state index is 6.13. The zero-order valence-corrected chi connectivity index (χ0v) is 12.2. The molecule has 0 saturated heterocycles. The molecule has 1 unspecified atom stereocenters. The summed E-state index contributed by atoms with van der Waals surface area (Å²) < 4.78 is 3.04. The van der Waals surface area contributed by atoms with E-state index in [2.05, 4.69) is 42.9 Å². The molecule has 94 valence electrons. The van der Waals surface area contributed by atoms with Gasteiger partial charge in [0.25, 0.3) is 0 Å². The fourth-order valence-corrected chi connectivity index (χ4v) is 2.62. The zero-order chi connectivity index (χ0) is 12.7. The van der Waals surface area contributed by atoms with Crippen molar-refractivity contribution in [3.05, 3.63) is 33.5 Å². The maximum atomic E-state index is 6.13. The first-order valence-electron chi connectivity index (χ1n) is 5.78. The molecule has 0 aliphatic carbocycles. The zero-order valence-electron chi connectivity index (χ0n) is 9.82. The number of rotatable bonds is 1. The van der Waals surface area contributed by atoms with Gasteiger partial charge in [0.05, 0.1) is 11.1 Å². The molecule has 1 aliphatic heterocycles. The second-order valence-corrected chi connectivity index (χ2v) is 5.60. The summed E-state index contributed by atoms with van der Waals surface area (Å²) >= 11 is 9.52. The molecule has 0 spiro atoms. The Morgan fingerprint density at radius 3 is 3.06 bits per heavy atom. The molecule has 0 saturated carbocycles. The standard InChI is InChI=1S/C12H12BrClN4/c1-7-11-16-17-12(18(11)5-4-15-7)8-2-3-9(13)10(14)6-8/h2-3,6-7,15H,4-5H2,1H3. The number of fused-ring (bicyclic) bond motifs is 1. The van der Waals surface area contributed by atoms with Crippen molar-refractivity contribution in [2.45, 2.75) is 19.5 Å². The highest BCUT2D eigenvalue weighted by atomic mass is 79.9. The monoisotopic (exact) mass is 326 g/mol. The number of nitrogens with zero attached hydrogens (tertiary/aromatic N) is 3. The number of benzene rings is 1. The van der Waals surface area contributed by atoms with Crippen LogP contribution >= 0.6 is 27.5 Å². The van der Waals surface area contributed by atoms with E-state index in [1.165, 1.54) is 0 Å². The van der Waals surface area contributed by atoms with Crippen molar-refractivity contribution < 1.29 is 0 Å². The lowest BCUT2D eigenvalue weighted by Gasteiger charge is -2.21. The first-order chi connectivity index (χ1) is 8.66.